The van der Waals surface area contributed by atoms with E-state index in [1.807, 2.05) is 72.1 Å². The number of nitrogens with one attached hydrogen (secondary N) is 1. The van der Waals surface area contributed by atoms with Gasteiger partial charge in [0.05, 0.1) is 12.3 Å². The van der Waals surface area contributed by atoms with Crippen LogP contribution in [0.5, 0.6) is 0 Å². The fraction of sp³-hybridized carbons (Fsp3) is 0.214. The van der Waals surface area contributed by atoms with Crippen LogP contribution in [0, 0.1) is 0 Å². The van der Waals surface area contributed by atoms with Crippen molar-refractivity contribution in [1.29, 1.82) is 0 Å². The van der Waals surface area contributed by atoms with Crippen LogP contribution in [0.25, 0.3) is 11.3 Å². The third-order valence-electron chi connectivity index (χ3n) is 5.83. The highest BCUT2D eigenvalue weighted by molar-refractivity contribution is 7.14. The molecule has 0 spiro atoms. The van der Waals surface area contributed by atoms with Gasteiger partial charge in [0.2, 0.25) is 0 Å². The highest BCUT2D eigenvalue weighted by Crippen LogP contribution is 2.29. The lowest BCUT2D eigenvalue weighted by Gasteiger charge is -2.26. The molecule has 0 saturated heterocycles. The Balaban J connectivity index is 1.47. The molecule has 1 aromatic heterocycles. The molecular weight excluding hydrogens is 458 g/mol. The zero-order valence-corrected chi connectivity index (χ0v) is 20.2. The monoisotopic (exact) mass is 487 g/mol. The Morgan fingerprint density at radius 3 is 2.11 bits per heavy atom. The summed E-state index contributed by atoms with van der Waals surface area (Å²) in [4.78, 5) is 23.8. The standard InChI is InChI=1S/C28H29N3O3S/c32-28(30-27-29-26(21-35-27)24-15-8-3-9-16-24)31(18-10-20-34-33)19-17-25(22-11-4-1-5-12-22)23-13-6-2-7-14-23/h1-9,11-16,21,25,33H,10,17-20H2,(H,29,30,32). The van der Waals surface area contributed by atoms with Crippen molar-refractivity contribution >= 4 is 22.5 Å². The van der Waals surface area contributed by atoms with Gasteiger partial charge in [0.15, 0.2) is 5.13 Å². The Kier molecular flexibility index (Phi) is 9.00. The molecule has 3 aromatic carbocycles. The SMILES string of the molecule is O=C(Nc1nc(-c2ccccc2)cs1)N(CCCOO)CCC(c1ccccc1)c1ccccc1. The van der Waals surface area contributed by atoms with Crippen LogP contribution in [0.3, 0.4) is 0 Å². The van der Waals surface area contributed by atoms with Crippen LogP contribution < -0.4 is 5.32 Å². The number of nitrogens with zero attached hydrogens (tertiary/aromatic N) is 2. The van der Waals surface area contributed by atoms with Crippen LogP contribution in [0.2, 0.25) is 0 Å². The summed E-state index contributed by atoms with van der Waals surface area (Å²) >= 11 is 1.40. The predicted octanol–water partition coefficient (Wildman–Crippen LogP) is 6.75. The highest BCUT2D eigenvalue weighted by Gasteiger charge is 2.20. The second-order valence-electron chi connectivity index (χ2n) is 8.17. The molecule has 0 aliphatic rings. The van der Waals surface area contributed by atoms with Gasteiger partial charge in [-0.3, -0.25) is 10.6 Å². The third-order valence-corrected chi connectivity index (χ3v) is 6.59. The number of anilines is 1. The zero-order chi connectivity index (χ0) is 24.3. The average molecular weight is 488 g/mol. The van der Waals surface area contributed by atoms with E-state index in [9.17, 15) is 4.79 Å². The number of carbonyl (C=O) groups is 1. The Bertz CT molecular complexity index is 1130. The molecule has 6 nitrogen and oxygen atoms in total. The van der Waals surface area contributed by atoms with E-state index >= 15 is 0 Å². The average Bonchev–Trinajstić information content (AvgIpc) is 3.38. The van der Waals surface area contributed by atoms with Crippen LogP contribution in [0.15, 0.2) is 96.4 Å². The van der Waals surface area contributed by atoms with E-state index in [1.54, 1.807) is 4.90 Å². The van der Waals surface area contributed by atoms with Gasteiger partial charge in [-0.2, -0.15) is 0 Å². The van der Waals surface area contributed by atoms with Crippen LogP contribution in [0.4, 0.5) is 9.93 Å². The number of hydrogen-bond donors (Lipinski definition) is 2. The Hall–Kier alpha value is -3.52. The fourth-order valence-corrected chi connectivity index (χ4v) is 4.77. The van der Waals surface area contributed by atoms with Crippen LogP contribution in [-0.2, 0) is 4.89 Å². The number of hydrogen-bond acceptors (Lipinski definition) is 5. The van der Waals surface area contributed by atoms with Gasteiger partial charge in [0.25, 0.3) is 0 Å². The van der Waals surface area contributed by atoms with E-state index in [1.165, 1.54) is 22.5 Å². The van der Waals surface area contributed by atoms with Crippen LogP contribution in [0.1, 0.15) is 29.9 Å². The third kappa shape index (κ3) is 6.99. The molecule has 7 heteroatoms. The van der Waals surface area contributed by atoms with Crippen LogP contribution in [-0.4, -0.2) is 40.9 Å². The molecule has 0 unspecified atom stereocenters. The van der Waals surface area contributed by atoms with Gasteiger partial charge in [0.1, 0.15) is 0 Å². The molecule has 0 radical (unpaired) electrons. The van der Waals surface area contributed by atoms with Crippen molar-refractivity contribution in [2.75, 3.05) is 25.0 Å². The molecule has 35 heavy (non-hydrogen) atoms. The number of carbonyl (C=O) groups excluding carboxylic acids is 1. The number of benzene rings is 3. The van der Waals surface area contributed by atoms with Gasteiger partial charge in [-0.05, 0) is 24.0 Å². The number of rotatable bonds is 11. The van der Waals surface area contributed by atoms with E-state index in [4.69, 9.17) is 5.26 Å². The van der Waals surface area contributed by atoms with E-state index < -0.39 is 0 Å². The molecule has 0 saturated carbocycles. The molecule has 0 bridgehead atoms. The molecule has 0 atom stereocenters. The van der Waals surface area contributed by atoms with Crippen LogP contribution >= 0.6 is 11.3 Å². The Labute approximate surface area is 209 Å². The van der Waals surface area contributed by atoms with Crippen molar-refractivity contribution in [2.24, 2.45) is 0 Å². The summed E-state index contributed by atoms with van der Waals surface area (Å²) in [6.45, 7) is 1.17. The molecular formula is C28H29N3O3S. The summed E-state index contributed by atoms with van der Waals surface area (Å²) in [5, 5.41) is 14.2. The minimum absolute atomic E-state index is 0.159. The lowest BCUT2D eigenvalue weighted by Crippen LogP contribution is -2.37. The second-order valence-corrected chi connectivity index (χ2v) is 9.03. The quantitative estimate of drug-likeness (QED) is 0.139. The summed E-state index contributed by atoms with van der Waals surface area (Å²) in [6, 6.07) is 30.4. The first-order chi connectivity index (χ1) is 17.2. The molecule has 4 rings (SSSR count). The van der Waals surface area contributed by atoms with Crippen molar-refractivity contribution in [1.82, 2.24) is 9.88 Å². The molecule has 0 aliphatic carbocycles. The topological polar surface area (TPSA) is 74.7 Å². The zero-order valence-electron chi connectivity index (χ0n) is 19.4. The smallest absolute Gasteiger partial charge is 0.323 e. The minimum Gasteiger partial charge on any atom is -0.324 e. The number of urea groups is 1. The summed E-state index contributed by atoms with van der Waals surface area (Å²) < 4.78 is 0. The largest absolute Gasteiger partial charge is 0.324 e. The Morgan fingerprint density at radius 1 is 0.914 bits per heavy atom. The van der Waals surface area contributed by atoms with Gasteiger partial charge in [-0.25, -0.2) is 14.7 Å². The van der Waals surface area contributed by atoms with Crippen molar-refractivity contribution in [2.45, 2.75) is 18.8 Å². The number of thiazole rings is 1. The van der Waals surface area contributed by atoms with Gasteiger partial charge in [0, 0.05) is 30.0 Å². The van der Waals surface area contributed by atoms with Gasteiger partial charge in [-0.1, -0.05) is 91.0 Å². The molecule has 0 fully saturated rings. The lowest BCUT2D eigenvalue weighted by atomic mass is 9.88. The number of aromatic nitrogens is 1. The maximum atomic E-state index is 13.2. The maximum absolute atomic E-state index is 13.2. The molecule has 1 heterocycles. The molecule has 180 valence electrons. The summed E-state index contributed by atoms with van der Waals surface area (Å²) in [5.41, 5.74) is 4.27. The van der Waals surface area contributed by atoms with Crippen molar-refractivity contribution < 1.29 is 14.9 Å². The van der Waals surface area contributed by atoms with E-state index in [2.05, 4.69) is 39.5 Å². The maximum Gasteiger partial charge on any atom is 0.323 e. The number of amides is 2. The first-order valence-corrected chi connectivity index (χ1v) is 12.6. The predicted molar refractivity (Wildman–Crippen MR) is 141 cm³/mol. The van der Waals surface area contributed by atoms with E-state index in [0.717, 1.165) is 17.7 Å². The van der Waals surface area contributed by atoms with Gasteiger partial charge < -0.3 is 4.90 Å². The summed E-state index contributed by atoms with van der Waals surface area (Å²) in [6.07, 6.45) is 1.28. The normalized spacial score (nSPS) is 10.9. The minimum atomic E-state index is -0.211. The van der Waals surface area contributed by atoms with Crippen molar-refractivity contribution in [3.63, 3.8) is 0 Å². The molecule has 4 aromatic rings. The lowest BCUT2D eigenvalue weighted by molar-refractivity contribution is -0.242. The fourth-order valence-electron chi connectivity index (χ4n) is 4.06. The first-order valence-electron chi connectivity index (χ1n) is 11.7. The van der Waals surface area contributed by atoms with Crippen molar-refractivity contribution in [3.8, 4) is 11.3 Å². The van der Waals surface area contributed by atoms with E-state index in [-0.39, 0.29) is 18.6 Å². The summed E-state index contributed by atoms with van der Waals surface area (Å²) in [7, 11) is 0. The Morgan fingerprint density at radius 2 is 1.51 bits per heavy atom. The highest BCUT2D eigenvalue weighted by atomic mass is 32.1. The molecule has 2 amide bonds. The molecule has 2 N–H and O–H groups in total. The first kappa shape index (κ1) is 24.6. The van der Waals surface area contributed by atoms with Gasteiger partial charge >= 0.3 is 6.03 Å². The van der Waals surface area contributed by atoms with E-state index in [0.29, 0.717) is 24.6 Å². The van der Waals surface area contributed by atoms with Crippen molar-refractivity contribution in [3.05, 3.63) is 108 Å². The van der Waals surface area contributed by atoms with Gasteiger partial charge in [-0.15, -0.1) is 11.3 Å². The molecule has 0 aliphatic heterocycles. The summed E-state index contributed by atoms with van der Waals surface area (Å²) in [5.74, 6) is 0.159. The second kappa shape index (κ2) is 12.8.